The van der Waals surface area contributed by atoms with Crippen LogP contribution in [0.25, 0.3) is 11.6 Å². The molecule has 2 aromatic rings. The second-order valence-electron chi connectivity index (χ2n) is 5.69. The Morgan fingerprint density at radius 2 is 2.22 bits per heavy atom. The van der Waals surface area contributed by atoms with Gasteiger partial charge < -0.3 is 9.73 Å². The molecule has 1 amide bonds. The topological polar surface area (TPSA) is 73.0 Å². The first-order chi connectivity index (χ1) is 11.3. The standard InChI is InChI=1S/C16H22N4O2S/c1-2-17-14(21)11-23-16-19-18-15(13-9-6-10-22-13)20(16)12-7-4-3-5-8-12/h6,9-10,12H,2-5,7-8,11H2,1H3,(H,17,21). The number of rotatable bonds is 6. The van der Waals surface area contributed by atoms with Crippen LogP contribution in [0, 0.1) is 0 Å². The van der Waals surface area contributed by atoms with Gasteiger partial charge in [0.15, 0.2) is 10.9 Å². The van der Waals surface area contributed by atoms with E-state index in [1.165, 1.54) is 31.0 Å². The number of nitrogens with zero attached hydrogens (tertiary/aromatic N) is 3. The van der Waals surface area contributed by atoms with E-state index in [0.717, 1.165) is 29.6 Å². The summed E-state index contributed by atoms with van der Waals surface area (Å²) in [6.45, 7) is 2.56. The summed E-state index contributed by atoms with van der Waals surface area (Å²) in [5.41, 5.74) is 0. The molecule has 0 bridgehead atoms. The van der Waals surface area contributed by atoms with Crippen LogP contribution in [0.4, 0.5) is 0 Å². The van der Waals surface area contributed by atoms with Crippen LogP contribution >= 0.6 is 11.8 Å². The van der Waals surface area contributed by atoms with Gasteiger partial charge in [-0.3, -0.25) is 9.36 Å². The number of furan rings is 1. The smallest absolute Gasteiger partial charge is 0.230 e. The van der Waals surface area contributed by atoms with Gasteiger partial charge in [-0.25, -0.2) is 0 Å². The largest absolute Gasteiger partial charge is 0.461 e. The van der Waals surface area contributed by atoms with Crippen LogP contribution in [0.1, 0.15) is 45.1 Å². The van der Waals surface area contributed by atoms with Crippen molar-refractivity contribution in [3.05, 3.63) is 18.4 Å². The van der Waals surface area contributed by atoms with E-state index in [1.807, 2.05) is 19.1 Å². The summed E-state index contributed by atoms with van der Waals surface area (Å²) >= 11 is 1.44. The monoisotopic (exact) mass is 334 g/mol. The molecule has 0 unspecified atom stereocenters. The van der Waals surface area contributed by atoms with Crippen molar-refractivity contribution in [1.82, 2.24) is 20.1 Å². The summed E-state index contributed by atoms with van der Waals surface area (Å²) in [7, 11) is 0. The van der Waals surface area contributed by atoms with Crippen molar-refractivity contribution in [3.8, 4) is 11.6 Å². The highest BCUT2D eigenvalue weighted by atomic mass is 32.2. The maximum absolute atomic E-state index is 11.7. The molecule has 0 aliphatic heterocycles. The third-order valence-corrected chi connectivity index (χ3v) is 5.00. The van der Waals surface area contributed by atoms with E-state index in [2.05, 4.69) is 20.1 Å². The summed E-state index contributed by atoms with van der Waals surface area (Å²) in [6.07, 6.45) is 7.63. The van der Waals surface area contributed by atoms with E-state index in [1.54, 1.807) is 6.26 Å². The molecule has 1 N–H and O–H groups in total. The molecule has 0 atom stereocenters. The van der Waals surface area contributed by atoms with Crippen LogP contribution in [-0.4, -0.2) is 33.0 Å². The number of nitrogens with one attached hydrogen (secondary N) is 1. The van der Waals surface area contributed by atoms with Gasteiger partial charge in [-0.15, -0.1) is 10.2 Å². The zero-order chi connectivity index (χ0) is 16.1. The first kappa shape index (κ1) is 16.1. The quantitative estimate of drug-likeness (QED) is 0.821. The Bertz CT molecular complexity index is 633. The van der Waals surface area contributed by atoms with Gasteiger partial charge in [0.25, 0.3) is 0 Å². The first-order valence-electron chi connectivity index (χ1n) is 8.18. The van der Waals surface area contributed by atoms with Crippen molar-refractivity contribution in [1.29, 1.82) is 0 Å². The van der Waals surface area contributed by atoms with Gasteiger partial charge in [-0.1, -0.05) is 31.0 Å². The molecular weight excluding hydrogens is 312 g/mol. The number of hydrogen-bond acceptors (Lipinski definition) is 5. The lowest BCUT2D eigenvalue weighted by Crippen LogP contribution is -2.24. The van der Waals surface area contributed by atoms with Crippen molar-refractivity contribution < 1.29 is 9.21 Å². The van der Waals surface area contributed by atoms with Gasteiger partial charge >= 0.3 is 0 Å². The minimum atomic E-state index is 0.0234. The first-order valence-corrected chi connectivity index (χ1v) is 9.16. The highest BCUT2D eigenvalue weighted by molar-refractivity contribution is 7.99. The minimum Gasteiger partial charge on any atom is -0.461 e. The van der Waals surface area contributed by atoms with Crippen LogP contribution in [0.5, 0.6) is 0 Å². The van der Waals surface area contributed by atoms with E-state index in [0.29, 0.717) is 18.3 Å². The average molecular weight is 334 g/mol. The molecular formula is C16H22N4O2S. The number of thioether (sulfide) groups is 1. The SMILES string of the molecule is CCNC(=O)CSc1nnc(-c2ccco2)n1C1CCCCC1. The molecule has 6 nitrogen and oxygen atoms in total. The number of hydrogen-bond donors (Lipinski definition) is 1. The summed E-state index contributed by atoms with van der Waals surface area (Å²) in [5.74, 6) is 1.88. The Kier molecular flexibility index (Phi) is 5.38. The molecule has 1 saturated carbocycles. The van der Waals surface area contributed by atoms with Crippen molar-refractivity contribution >= 4 is 17.7 Å². The molecule has 3 rings (SSSR count). The molecule has 23 heavy (non-hydrogen) atoms. The summed E-state index contributed by atoms with van der Waals surface area (Å²) in [6, 6.07) is 4.15. The molecule has 0 radical (unpaired) electrons. The summed E-state index contributed by atoms with van der Waals surface area (Å²) in [5, 5.41) is 12.3. The zero-order valence-electron chi connectivity index (χ0n) is 13.3. The fraction of sp³-hybridized carbons (Fsp3) is 0.562. The average Bonchev–Trinajstić information content (AvgIpc) is 3.23. The molecule has 7 heteroatoms. The Morgan fingerprint density at radius 3 is 2.91 bits per heavy atom. The summed E-state index contributed by atoms with van der Waals surface area (Å²) in [4.78, 5) is 11.7. The van der Waals surface area contributed by atoms with Gasteiger partial charge in [0, 0.05) is 12.6 Å². The third-order valence-electron chi connectivity index (χ3n) is 4.05. The van der Waals surface area contributed by atoms with Crippen LogP contribution in [0.15, 0.2) is 28.0 Å². The Labute approximate surface area is 140 Å². The minimum absolute atomic E-state index is 0.0234. The lowest BCUT2D eigenvalue weighted by Gasteiger charge is -2.25. The van der Waals surface area contributed by atoms with Crippen LogP contribution in [0.2, 0.25) is 0 Å². The van der Waals surface area contributed by atoms with Crippen molar-refractivity contribution in [2.45, 2.75) is 50.2 Å². The van der Waals surface area contributed by atoms with Crippen LogP contribution in [-0.2, 0) is 4.79 Å². The number of amides is 1. The second-order valence-corrected chi connectivity index (χ2v) is 6.63. The molecule has 1 aliphatic carbocycles. The highest BCUT2D eigenvalue weighted by Crippen LogP contribution is 2.35. The van der Waals surface area contributed by atoms with Crippen molar-refractivity contribution in [2.24, 2.45) is 0 Å². The van der Waals surface area contributed by atoms with E-state index >= 15 is 0 Å². The van der Waals surface area contributed by atoms with Gasteiger partial charge in [-0.2, -0.15) is 0 Å². The van der Waals surface area contributed by atoms with E-state index in [4.69, 9.17) is 4.42 Å². The number of carbonyl (C=O) groups is 1. The predicted octanol–water partition coefficient (Wildman–Crippen LogP) is 3.27. The van der Waals surface area contributed by atoms with E-state index in [9.17, 15) is 4.79 Å². The number of carbonyl (C=O) groups excluding carboxylic acids is 1. The Morgan fingerprint density at radius 1 is 1.39 bits per heavy atom. The van der Waals surface area contributed by atoms with Gasteiger partial charge in [0.05, 0.1) is 12.0 Å². The van der Waals surface area contributed by atoms with Gasteiger partial charge in [0.2, 0.25) is 11.7 Å². The lowest BCUT2D eigenvalue weighted by molar-refractivity contribution is -0.118. The van der Waals surface area contributed by atoms with Crippen molar-refractivity contribution in [3.63, 3.8) is 0 Å². The third kappa shape index (κ3) is 3.77. The highest BCUT2D eigenvalue weighted by Gasteiger charge is 2.25. The maximum atomic E-state index is 11.7. The molecule has 0 spiro atoms. The Balaban J connectivity index is 1.85. The van der Waals surface area contributed by atoms with Gasteiger partial charge in [-0.05, 0) is 31.9 Å². The van der Waals surface area contributed by atoms with Gasteiger partial charge in [0.1, 0.15) is 0 Å². The molecule has 1 aliphatic rings. The van der Waals surface area contributed by atoms with E-state index < -0.39 is 0 Å². The van der Waals surface area contributed by atoms with Crippen LogP contribution in [0.3, 0.4) is 0 Å². The molecule has 1 fully saturated rings. The van der Waals surface area contributed by atoms with Crippen LogP contribution < -0.4 is 5.32 Å². The zero-order valence-corrected chi connectivity index (χ0v) is 14.1. The molecule has 2 aromatic heterocycles. The second kappa shape index (κ2) is 7.68. The van der Waals surface area contributed by atoms with E-state index in [-0.39, 0.29) is 5.91 Å². The molecule has 0 aromatic carbocycles. The normalized spacial score (nSPS) is 15.7. The predicted molar refractivity (Wildman–Crippen MR) is 89.3 cm³/mol. The number of aromatic nitrogens is 3. The lowest BCUT2D eigenvalue weighted by atomic mass is 9.95. The maximum Gasteiger partial charge on any atom is 0.230 e. The fourth-order valence-corrected chi connectivity index (χ4v) is 3.83. The summed E-state index contributed by atoms with van der Waals surface area (Å²) < 4.78 is 7.69. The molecule has 2 heterocycles. The van der Waals surface area contributed by atoms with Crippen molar-refractivity contribution in [2.75, 3.05) is 12.3 Å². The Hall–Kier alpha value is -1.76. The molecule has 124 valence electrons. The molecule has 0 saturated heterocycles. The fourth-order valence-electron chi connectivity index (χ4n) is 3.00.